The minimum absolute atomic E-state index is 0.0207. The van der Waals surface area contributed by atoms with Crippen molar-refractivity contribution in [1.82, 2.24) is 14.5 Å². The Bertz CT molecular complexity index is 1340. The van der Waals surface area contributed by atoms with Gasteiger partial charge in [0, 0.05) is 42.7 Å². The van der Waals surface area contributed by atoms with Gasteiger partial charge >= 0.3 is 0 Å². The number of nitrogens with zero attached hydrogens (tertiary/aromatic N) is 3. The van der Waals surface area contributed by atoms with Crippen LogP contribution in [0.3, 0.4) is 0 Å². The quantitative estimate of drug-likeness (QED) is 0.567. The molecule has 35 heavy (non-hydrogen) atoms. The molecular weight excluding hydrogens is 440 g/mol. The minimum Gasteiger partial charge on any atom is -0.336 e. The molecule has 1 aromatic heterocycles. The van der Waals surface area contributed by atoms with E-state index in [1.807, 2.05) is 48.2 Å². The van der Waals surface area contributed by atoms with Crippen LogP contribution in [0, 0.1) is 6.92 Å². The van der Waals surface area contributed by atoms with Gasteiger partial charge in [-0.15, -0.1) is 0 Å². The molecule has 7 nitrogen and oxygen atoms in total. The van der Waals surface area contributed by atoms with Crippen LogP contribution in [0.25, 0.3) is 10.9 Å². The molecule has 0 bridgehead atoms. The van der Waals surface area contributed by atoms with Crippen molar-refractivity contribution in [2.75, 3.05) is 11.9 Å². The van der Waals surface area contributed by atoms with Crippen LogP contribution in [0.1, 0.15) is 73.2 Å². The monoisotopic (exact) mass is 472 g/mol. The van der Waals surface area contributed by atoms with E-state index >= 15 is 0 Å². The van der Waals surface area contributed by atoms with Crippen molar-refractivity contribution in [2.45, 2.75) is 70.9 Å². The third kappa shape index (κ3) is 4.85. The fourth-order valence-corrected chi connectivity index (χ4v) is 5.02. The maximum atomic E-state index is 13.0. The van der Waals surface area contributed by atoms with Crippen LogP contribution in [0.5, 0.6) is 0 Å². The lowest BCUT2D eigenvalue weighted by molar-refractivity contribution is -0.116. The van der Waals surface area contributed by atoms with Gasteiger partial charge in [-0.2, -0.15) is 0 Å². The van der Waals surface area contributed by atoms with Gasteiger partial charge in [0.1, 0.15) is 5.82 Å². The summed E-state index contributed by atoms with van der Waals surface area (Å²) < 4.78 is 1.78. The number of fused-ring (bicyclic) bond motifs is 1. The fourth-order valence-electron chi connectivity index (χ4n) is 5.02. The molecule has 1 atom stereocenters. The summed E-state index contributed by atoms with van der Waals surface area (Å²) in [4.78, 5) is 45.5. The molecule has 3 aromatic rings. The van der Waals surface area contributed by atoms with E-state index in [0.717, 1.165) is 37.8 Å². The first-order chi connectivity index (χ1) is 16.9. The molecule has 1 unspecified atom stereocenters. The van der Waals surface area contributed by atoms with E-state index in [4.69, 9.17) is 4.98 Å². The Balaban J connectivity index is 1.27. The Morgan fingerprint density at radius 1 is 1.09 bits per heavy atom. The van der Waals surface area contributed by atoms with E-state index in [1.54, 1.807) is 10.6 Å². The van der Waals surface area contributed by atoms with Gasteiger partial charge in [0.15, 0.2) is 0 Å². The molecule has 0 spiro atoms. The topological polar surface area (TPSA) is 84.3 Å². The summed E-state index contributed by atoms with van der Waals surface area (Å²) in [6, 6.07) is 13.3. The third-order valence-electron chi connectivity index (χ3n) is 7.18. The average Bonchev–Trinajstić information content (AvgIpc) is 3.69. The number of likely N-dealkylation sites (tertiary alicyclic amines) is 1. The van der Waals surface area contributed by atoms with Crippen LogP contribution < -0.4 is 10.9 Å². The van der Waals surface area contributed by atoms with Gasteiger partial charge in [0.25, 0.3) is 11.5 Å². The van der Waals surface area contributed by atoms with Crippen molar-refractivity contribution in [2.24, 2.45) is 0 Å². The largest absolute Gasteiger partial charge is 0.336 e. The summed E-state index contributed by atoms with van der Waals surface area (Å²) in [7, 11) is 0. The van der Waals surface area contributed by atoms with Crippen LogP contribution in [0.15, 0.2) is 47.3 Å². The van der Waals surface area contributed by atoms with Crippen LogP contribution >= 0.6 is 0 Å². The molecule has 2 amide bonds. The Morgan fingerprint density at radius 3 is 2.63 bits per heavy atom. The Morgan fingerprint density at radius 2 is 1.89 bits per heavy atom. The second kappa shape index (κ2) is 9.64. The van der Waals surface area contributed by atoms with Crippen LogP contribution in [-0.2, 0) is 11.2 Å². The van der Waals surface area contributed by atoms with Gasteiger partial charge in [-0.25, -0.2) is 4.98 Å². The molecule has 1 N–H and O–H groups in total. The molecule has 7 heteroatoms. The molecule has 2 aliphatic rings. The number of piperidine rings is 1. The zero-order valence-electron chi connectivity index (χ0n) is 20.4. The highest BCUT2D eigenvalue weighted by Gasteiger charge is 2.28. The average molecular weight is 473 g/mol. The van der Waals surface area contributed by atoms with Gasteiger partial charge in [-0.05, 0) is 81.8 Å². The van der Waals surface area contributed by atoms with Crippen LogP contribution in [0.2, 0.25) is 0 Å². The van der Waals surface area contributed by atoms with Crippen LogP contribution in [-0.4, -0.2) is 38.9 Å². The highest BCUT2D eigenvalue weighted by Crippen LogP contribution is 2.35. The van der Waals surface area contributed by atoms with Crippen molar-refractivity contribution in [3.63, 3.8) is 0 Å². The van der Waals surface area contributed by atoms with Gasteiger partial charge < -0.3 is 10.2 Å². The summed E-state index contributed by atoms with van der Waals surface area (Å²) in [6.45, 7) is 4.81. The molecule has 2 fully saturated rings. The third-order valence-corrected chi connectivity index (χ3v) is 7.18. The van der Waals surface area contributed by atoms with Gasteiger partial charge in [0.05, 0.1) is 10.9 Å². The molecule has 1 saturated heterocycles. The summed E-state index contributed by atoms with van der Waals surface area (Å²) in [5, 5.41) is 3.59. The lowest BCUT2D eigenvalue weighted by Gasteiger charge is -2.33. The number of rotatable bonds is 6. The zero-order chi connectivity index (χ0) is 24.5. The maximum Gasteiger partial charge on any atom is 0.261 e. The molecule has 2 heterocycles. The van der Waals surface area contributed by atoms with E-state index in [-0.39, 0.29) is 35.9 Å². The van der Waals surface area contributed by atoms with E-state index in [1.165, 1.54) is 6.42 Å². The Hall–Kier alpha value is -3.48. The number of amides is 2. The second-order valence-electron chi connectivity index (χ2n) is 9.87. The summed E-state index contributed by atoms with van der Waals surface area (Å²) in [6.07, 6.45) is 5.82. The molecule has 1 saturated carbocycles. The lowest BCUT2D eigenvalue weighted by atomic mass is 10.0. The SMILES string of the molecule is Cc1cc(C(=O)N2CCCCC2C)ccc1NC(=O)CCc1nc2ccccc2c(=O)n1C1CC1. The number of benzene rings is 2. The summed E-state index contributed by atoms with van der Waals surface area (Å²) >= 11 is 0. The zero-order valence-corrected chi connectivity index (χ0v) is 20.4. The highest BCUT2D eigenvalue weighted by atomic mass is 16.2. The predicted octanol–water partition coefficient (Wildman–Crippen LogP) is 4.63. The van der Waals surface area contributed by atoms with Crippen molar-refractivity contribution >= 4 is 28.4 Å². The summed E-state index contributed by atoms with van der Waals surface area (Å²) in [5.41, 5.74) is 2.86. The number of aryl methyl sites for hydroxylation is 2. The molecule has 1 aliphatic carbocycles. The lowest BCUT2D eigenvalue weighted by Crippen LogP contribution is -2.42. The highest BCUT2D eigenvalue weighted by molar-refractivity contribution is 5.96. The number of anilines is 1. The summed E-state index contributed by atoms with van der Waals surface area (Å²) in [5.74, 6) is 0.583. The first-order valence-corrected chi connectivity index (χ1v) is 12.6. The number of carbonyl (C=O) groups excluding carboxylic acids is 2. The molecule has 2 aromatic carbocycles. The number of hydrogen-bond acceptors (Lipinski definition) is 4. The second-order valence-corrected chi connectivity index (χ2v) is 9.87. The number of nitrogens with one attached hydrogen (secondary N) is 1. The normalized spacial score (nSPS) is 18.0. The molecule has 1 aliphatic heterocycles. The Kier molecular flexibility index (Phi) is 6.41. The van der Waals surface area contributed by atoms with Gasteiger partial charge in [-0.3, -0.25) is 19.0 Å². The first-order valence-electron chi connectivity index (χ1n) is 12.6. The standard InChI is InChI=1S/C28H32N4O3/c1-18-17-20(27(34)31-16-6-5-7-19(31)2)10-13-23(18)30-26(33)15-14-25-29-24-9-4-3-8-22(24)28(35)32(25)21-11-12-21/h3-4,8-10,13,17,19,21H,5-7,11-12,14-16H2,1-2H3,(H,30,33). The molecule has 182 valence electrons. The van der Waals surface area contributed by atoms with Crippen molar-refractivity contribution in [3.8, 4) is 0 Å². The Labute approximate surface area is 205 Å². The van der Waals surface area contributed by atoms with E-state index < -0.39 is 0 Å². The number of hydrogen-bond donors (Lipinski definition) is 1. The molecule has 0 radical (unpaired) electrons. The van der Waals surface area contributed by atoms with E-state index in [9.17, 15) is 14.4 Å². The molecule has 5 rings (SSSR count). The van der Waals surface area contributed by atoms with E-state index in [0.29, 0.717) is 34.4 Å². The van der Waals surface area contributed by atoms with Crippen molar-refractivity contribution in [3.05, 3.63) is 69.8 Å². The first kappa shape index (κ1) is 23.3. The maximum absolute atomic E-state index is 13.0. The van der Waals surface area contributed by atoms with Gasteiger partial charge in [0.2, 0.25) is 5.91 Å². The fraction of sp³-hybridized carbons (Fsp3) is 0.429. The van der Waals surface area contributed by atoms with Crippen molar-refractivity contribution < 1.29 is 9.59 Å². The smallest absolute Gasteiger partial charge is 0.261 e. The number of aromatic nitrogens is 2. The number of para-hydroxylation sites is 1. The minimum atomic E-state index is -0.137. The number of carbonyl (C=O) groups is 2. The predicted molar refractivity (Wildman–Crippen MR) is 137 cm³/mol. The molecular formula is C28H32N4O3. The van der Waals surface area contributed by atoms with E-state index in [2.05, 4.69) is 12.2 Å². The van der Waals surface area contributed by atoms with Crippen LogP contribution in [0.4, 0.5) is 5.69 Å². The van der Waals surface area contributed by atoms with Crippen molar-refractivity contribution in [1.29, 1.82) is 0 Å². The van der Waals surface area contributed by atoms with Gasteiger partial charge in [-0.1, -0.05) is 12.1 Å².